The van der Waals surface area contributed by atoms with Crippen molar-refractivity contribution in [1.82, 2.24) is 5.32 Å². The van der Waals surface area contributed by atoms with E-state index in [1.807, 2.05) is 32.0 Å². The number of carbonyl (C=O) groups is 3. The second kappa shape index (κ2) is 10.7. The Bertz CT molecular complexity index is 1370. The second-order valence-electron chi connectivity index (χ2n) is 10.1. The first kappa shape index (κ1) is 26.0. The maximum absolute atomic E-state index is 13.1. The standard InChI is InChI=1S/C30H31ClN2O5/c1-16-10-11-17(2)22(12-16)33-26(36)15-38-30-19(31)13-18(14-25(30)37-3)27-28-20(6-4-8-23(28)34)32-21-7-5-9-24(35)29(21)27/h10-14,27,32H,4-9,15H2,1-3H3,(H,33,36). The van der Waals surface area contributed by atoms with Gasteiger partial charge >= 0.3 is 0 Å². The number of Topliss-reactive ketones (excluding diaryl/α,β-unsaturated/α-hetero) is 2. The van der Waals surface area contributed by atoms with Gasteiger partial charge in [-0.05, 0) is 74.4 Å². The molecule has 2 aromatic carbocycles. The Hall–Kier alpha value is -3.58. The van der Waals surface area contributed by atoms with Crippen LogP contribution in [0.3, 0.4) is 0 Å². The van der Waals surface area contributed by atoms with Crippen molar-refractivity contribution in [2.45, 2.75) is 58.3 Å². The molecule has 0 radical (unpaired) electrons. The lowest BCUT2D eigenvalue weighted by Crippen LogP contribution is -2.36. The van der Waals surface area contributed by atoms with Crippen molar-refractivity contribution < 1.29 is 23.9 Å². The number of hydrogen-bond donors (Lipinski definition) is 2. The number of anilines is 1. The summed E-state index contributed by atoms with van der Waals surface area (Å²) in [6, 6.07) is 9.31. The van der Waals surface area contributed by atoms with Gasteiger partial charge in [0, 0.05) is 47.0 Å². The third-order valence-corrected chi connectivity index (χ3v) is 7.67. The molecule has 0 spiro atoms. The summed E-state index contributed by atoms with van der Waals surface area (Å²) in [4.78, 5) is 38.9. The molecule has 198 valence electrons. The average Bonchev–Trinajstić information content (AvgIpc) is 2.89. The number of benzene rings is 2. The van der Waals surface area contributed by atoms with Crippen LogP contribution in [-0.2, 0) is 14.4 Å². The van der Waals surface area contributed by atoms with E-state index in [0.717, 1.165) is 53.9 Å². The molecule has 0 fully saturated rings. The van der Waals surface area contributed by atoms with Crippen LogP contribution >= 0.6 is 11.6 Å². The Morgan fingerprint density at radius 1 is 1.00 bits per heavy atom. The zero-order valence-corrected chi connectivity index (χ0v) is 22.6. The summed E-state index contributed by atoms with van der Waals surface area (Å²) in [5.41, 5.74) is 6.50. The van der Waals surface area contributed by atoms with Crippen LogP contribution in [0.2, 0.25) is 5.02 Å². The lowest BCUT2D eigenvalue weighted by Gasteiger charge is -2.37. The molecule has 8 heteroatoms. The third kappa shape index (κ3) is 4.95. The Morgan fingerprint density at radius 3 is 2.29 bits per heavy atom. The van der Waals surface area contributed by atoms with Crippen LogP contribution in [0.5, 0.6) is 11.5 Å². The lowest BCUT2D eigenvalue weighted by atomic mass is 9.71. The van der Waals surface area contributed by atoms with Crippen molar-refractivity contribution in [1.29, 1.82) is 0 Å². The number of amides is 1. The van der Waals surface area contributed by atoms with Gasteiger partial charge < -0.3 is 20.1 Å². The molecular formula is C30H31ClN2O5. The Kier molecular flexibility index (Phi) is 7.30. The zero-order chi connectivity index (χ0) is 27.0. The first-order valence-corrected chi connectivity index (χ1v) is 13.3. The number of methoxy groups -OCH3 is 1. The summed E-state index contributed by atoms with van der Waals surface area (Å²) >= 11 is 6.69. The molecule has 0 aromatic heterocycles. The van der Waals surface area contributed by atoms with Crippen LogP contribution in [0.1, 0.15) is 61.1 Å². The van der Waals surface area contributed by atoms with Crippen LogP contribution in [0.25, 0.3) is 0 Å². The van der Waals surface area contributed by atoms with Gasteiger partial charge in [-0.15, -0.1) is 0 Å². The van der Waals surface area contributed by atoms with E-state index < -0.39 is 5.92 Å². The molecule has 0 atom stereocenters. The van der Waals surface area contributed by atoms with Crippen molar-refractivity contribution in [2.24, 2.45) is 0 Å². The van der Waals surface area contributed by atoms with Crippen LogP contribution in [0.15, 0.2) is 52.9 Å². The number of nitrogens with one attached hydrogen (secondary N) is 2. The van der Waals surface area contributed by atoms with E-state index in [-0.39, 0.29) is 34.9 Å². The minimum absolute atomic E-state index is 0.0483. The number of ether oxygens (including phenoxy) is 2. The summed E-state index contributed by atoms with van der Waals surface area (Å²) in [6.07, 6.45) is 4.02. The molecule has 38 heavy (non-hydrogen) atoms. The molecule has 0 saturated heterocycles. The highest BCUT2D eigenvalue weighted by Gasteiger charge is 2.40. The lowest BCUT2D eigenvalue weighted by molar-refractivity contribution is -0.118. The molecule has 3 aliphatic rings. The van der Waals surface area contributed by atoms with E-state index in [2.05, 4.69) is 10.6 Å². The van der Waals surface area contributed by atoms with E-state index in [1.165, 1.54) is 7.11 Å². The van der Waals surface area contributed by atoms with Crippen LogP contribution in [-0.4, -0.2) is 31.2 Å². The maximum Gasteiger partial charge on any atom is 0.262 e. The summed E-state index contributed by atoms with van der Waals surface area (Å²) in [6.45, 7) is 3.61. The van der Waals surface area contributed by atoms with Gasteiger partial charge in [0.05, 0.1) is 12.1 Å². The number of allylic oxidation sites excluding steroid dienone is 4. The Balaban J connectivity index is 1.45. The summed E-state index contributed by atoms with van der Waals surface area (Å²) in [7, 11) is 1.49. The van der Waals surface area contributed by atoms with Gasteiger partial charge in [0.25, 0.3) is 5.91 Å². The van der Waals surface area contributed by atoms with E-state index in [1.54, 1.807) is 12.1 Å². The molecule has 5 rings (SSSR count). The first-order valence-electron chi connectivity index (χ1n) is 12.9. The van der Waals surface area contributed by atoms with Gasteiger partial charge in [-0.25, -0.2) is 0 Å². The molecule has 0 saturated carbocycles. The second-order valence-corrected chi connectivity index (χ2v) is 10.5. The van der Waals surface area contributed by atoms with Crippen molar-refractivity contribution in [2.75, 3.05) is 19.0 Å². The predicted molar refractivity (Wildman–Crippen MR) is 146 cm³/mol. The first-order chi connectivity index (χ1) is 18.3. The molecule has 7 nitrogen and oxygen atoms in total. The van der Waals surface area contributed by atoms with Gasteiger partial charge in [0.15, 0.2) is 29.7 Å². The molecule has 1 amide bonds. The van der Waals surface area contributed by atoms with Gasteiger partial charge in [-0.1, -0.05) is 23.7 Å². The van der Waals surface area contributed by atoms with Crippen LogP contribution in [0, 0.1) is 13.8 Å². The molecule has 1 heterocycles. The van der Waals surface area contributed by atoms with Crippen molar-refractivity contribution in [3.63, 3.8) is 0 Å². The third-order valence-electron chi connectivity index (χ3n) is 7.39. The fraction of sp³-hybridized carbons (Fsp3) is 0.367. The smallest absolute Gasteiger partial charge is 0.262 e. The topological polar surface area (TPSA) is 93.7 Å². The normalized spacial score (nSPS) is 17.6. The van der Waals surface area contributed by atoms with E-state index in [9.17, 15) is 14.4 Å². The van der Waals surface area contributed by atoms with E-state index >= 15 is 0 Å². The fourth-order valence-corrected chi connectivity index (χ4v) is 5.83. The highest BCUT2D eigenvalue weighted by Crippen LogP contribution is 2.48. The minimum Gasteiger partial charge on any atom is -0.493 e. The number of halogens is 1. The summed E-state index contributed by atoms with van der Waals surface area (Å²) < 4.78 is 11.4. The maximum atomic E-state index is 13.1. The minimum atomic E-state index is -0.505. The predicted octanol–water partition coefficient (Wildman–Crippen LogP) is 5.68. The van der Waals surface area contributed by atoms with E-state index in [4.69, 9.17) is 21.1 Å². The molecule has 1 aliphatic heterocycles. The van der Waals surface area contributed by atoms with E-state index in [0.29, 0.717) is 35.3 Å². The van der Waals surface area contributed by atoms with Gasteiger partial charge in [-0.2, -0.15) is 0 Å². The van der Waals surface area contributed by atoms with Crippen molar-refractivity contribution in [3.05, 3.63) is 74.6 Å². The van der Waals surface area contributed by atoms with Crippen molar-refractivity contribution in [3.8, 4) is 11.5 Å². The highest BCUT2D eigenvalue weighted by molar-refractivity contribution is 6.32. The number of dihydropyridines is 1. The monoisotopic (exact) mass is 534 g/mol. The Morgan fingerprint density at radius 2 is 1.66 bits per heavy atom. The number of ketones is 2. The largest absolute Gasteiger partial charge is 0.493 e. The quantitative estimate of drug-likeness (QED) is 0.495. The van der Waals surface area contributed by atoms with Gasteiger partial charge in [0.1, 0.15) is 0 Å². The molecule has 0 bridgehead atoms. The van der Waals surface area contributed by atoms with Crippen LogP contribution in [0.4, 0.5) is 5.69 Å². The van der Waals surface area contributed by atoms with Gasteiger partial charge in [0.2, 0.25) is 0 Å². The highest BCUT2D eigenvalue weighted by atomic mass is 35.5. The number of aryl methyl sites for hydroxylation is 2. The van der Waals surface area contributed by atoms with Crippen molar-refractivity contribution >= 4 is 34.8 Å². The summed E-state index contributed by atoms with van der Waals surface area (Å²) in [5.74, 6) is -0.170. The SMILES string of the molecule is COc1cc(C2C3=C(CCCC3=O)NC3=C2C(=O)CCC3)cc(Cl)c1OCC(=O)Nc1cc(C)ccc1C. The molecule has 2 N–H and O–H groups in total. The van der Waals surface area contributed by atoms with Crippen LogP contribution < -0.4 is 20.1 Å². The number of hydrogen-bond acceptors (Lipinski definition) is 6. The summed E-state index contributed by atoms with van der Waals surface area (Å²) in [5, 5.41) is 6.53. The number of carbonyl (C=O) groups excluding carboxylic acids is 3. The Labute approximate surface area is 227 Å². The average molecular weight is 535 g/mol. The molecule has 0 unspecified atom stereocenters. The van der Waals surface area contributed by atoms with Gasteiger partial charge in [-0.3, -0.25) is 14.4 Å². The zero-order valence-electron chi connectivity index (χ0n) is 21.8. The molecule has 2 aliphatic carbocycles. The molecular weight excluding hydrogens is 504 g/mol. The molecule has 2 aromatic rings. The number of rotatable bonds is 6. The fourth-order valence-electron chi connectivity index (χ4n) is 5.56.